The van der Waals surface area contributed by atoms with E-state index in [4.69, 9.17) is 16.0 Å². The number of H-pyrrole nitrogens is 1. The summed E-state index contributed by atoms with van der Waals surface area (Å²) in [6.07, 6.45) is 1.70. The molecule has 0 radical (unpaired) electrons. The van der Waals surface area contributed by atoms with Crippen molar-refractivity contribution in [3.63, 3.8) is 0 Å². The first-order valence-corrected chi connectivity index (χ1v) is 6.33. The zero-order valence-electron chi connectivity index (χ0n) is 10.6. The number of ketones is 1. The summed E-state index contributed by atoms with van der Waals surface area (Å²) >= 11 is 6.18. The van der Waals surface area contributed by atoms with E-state index < -0.39 is 0 Å². The van der Waals surface area contributed by atoms with Crippen molar-refractivity contribution in [3.05, 3.63) is 58.1 Å². The average molecular weight is 274 g/mol. The zero-order chi connectivity index (χ0) is 13.6. The van der Waals surface area contributed by atoms with E-state index >= 15 is 0 Å². The standard InChI is InChI=1S/C15H12ClNO2/c1-8-6-10(9(2)19-8)15(18)11-7-17-13-5-3-4-12(16)14(11)13/h3-7,17H,1-2H3. The van der Waals surface area contributed by atoms with E-state index in [0.29, 0.717) is 21.9 Å². The Bertz CT molecular complexity index is 783. The largest absolute Gasteiger partial charge is 0.466 e. The Hall–Kier alpha value is -2.00. The van der Waals surface area contributed by atoms with Crippen LogP contribution in [0.4, 0.5) is 0 Å². The van der Waals surface area contributed by atoms with Gasteiger partial charge in [-0.05, 0) is 32.0 Å². The number of aromatic nitrogens is 1. The lowest BCUT2D eigenvalue weighted by molar-refractivity contribution is 0.103. The van der Waals surface area contributed by atoms with Crippen molar-refractivity contribution in [3.8, 4) is 0 Å². The number of hydrogen-bond acceptors (Lipinski definition) is 2. The fourth-order valence-electron chi connectivity index (χ4n) is 2.32. The van der Waals surface area contributed by atoms with Gasteiger partial charge in [0.15, 0.2) is 5.78 Å². The van der Waals surface area contributed by atoms with Gasteiger partial charge in [0.2, 0.25) is 0 Å². The van der Waals surface area contributed by atoms with Gasteiger partial charge in [0.25, 0.3) is 0 Å². The van der Waals surface area contributed by atoms with Gasteiger partial charge in [-0.2, -0.15) is 0 Å². The predicted octanol–water partition coefficient (Wildman–Crippen LogP) is 4.26. The third kappa shape index (κ3) is 1.87. The molecule has 0 saturated heterocycles. The SMILES string of the molecule is Cc1cc(C(=O)c2c[nH]c3cccc(Cl)c23)c(C)o1. The van der Waals surface area contributed by atoms with Gasteiger partial charge in [0.05, 0.1) is 10.6 Å². The Kier molecular flexibility index (Phi) is 2.72. The van der Waals surface area contributed by atoms with E-state index in [-0.39, 0.29) is 5.78 Å². The van der Waals surface area contributed by atoms with Gasteiger partial charge in [-0.1, -0.05) is 17.7 Å². The van der Waals surface area contributed by atoms with Crippen LogP contribution in [0.3, 0.4) is 0 Å². The molecule has 19 heavy (non-hydrogen) atoms. The quantitative estimate of drug-likeness (QED) is 0.709. The number of nitrogens with one attached hydrogen (secondary N) is 1. The minimum Gasteiger partial charge on any atom is -0.466 e. The molecular formula is C15H12ClNO2. The van der Waals surface area contributed by atoms with Crippen molar-refractivity contribution >= 4 is 28.3 Å². The lowest BCUT2D eigenvalue weighted by Gasteiger charge is -1.99. The minimum atomic E-state index is -0.0753. The molecule has 0 spiro atoms. The van der Waals surface area contributed by atoms with Crippen LogP contribution in [0.1, 0.15) is 27.4 Å². The first kappa shape index (κ1) is 12.1. The Labute approximate surface area is 115 Å². The molecule has 0 bridgehead atoms. The highest BCUT2D eigenvalue weighted by Crippen LogP contribution is 2.29. The van der Waals surface area contributed by atoms with Crippen LogP contribution in [0.2, 0.25) is 5.02 Å². The highest BCUT2D eigenvalue weighted by molar-refractivity contribution is 6.37. The summed E-state index contributed by atoms with van der Waals surface area (Å²) in [5, 5.41) is 1.33. The van der Waals surface area contributed by atoms with Crippen LogP contribution in [-0.4, -0.2) is 10.8 Å². The van der Waals surface area contributed by atoms with Gasteiger partial charge in [0, 0.05) is 22.7 Å². The number of rotatable bonds is 2. The number of aromatic amines is 1. The van der Waals surface area contributed by atoms with Crippen LogP contribution in [0.15, 0.2) is 34.9 Å². The molecule has 0 aliphatic rings. The molecule has 3 aromatic rings. The van der Waals surface area contributed by atoms with Gasteiger partial charge < -0.3 is 9.40 Å². The van der Waals surface area contributed by atoms with Crippen molar-refractivity contribution in [2.75, 3.05) is 0 Å². The molecule has 0 fully saturated rings. The highest BCUT2D eigenvalue weighted by atomic mass is 35.5. The van der Waals surface area contributed by atoms with Crippen LogP contribution < -0.4 is 0 Å². The average Bonchev–Trinajstić information content (AvgIpc) is 2.93. The summed E-state index contributed by atoms with van der Waals surface area (Å²) in [5.41, 5.74) is 2.01. The Balaban J connectivity index is 2.20. The van der Waals surface area contributed by atoms with E-state index in [1.165, 1.54) is 0 Å². The molecule has 0 unspecified atom stereocenters. The van der Waals surface area contributed by atoms with Crippen LogP contribution >= 0.6 is 11.6 Å². The molecular weight excluding hydrogens is 262 g/mol. The van der Waals surface area contributed by atoms with Gasteiger partial charge in [-0.25, -0.2) is 0 Å². The summed E-state index contributed by atoms with van der Waals surface area (Å²) in [4.78, 5) is 15.6. The second-order valence-corrected chi connectivity index (χ2v) is 4.93. The van der Waals surface area contributed by atoms with E-state index in [2.05, 4.69) is 4.98 Å². The van der Waals surface area contributed by atoms with Crippen molar-refractivity contribution in [1.82, 2.24) is 4.98 Å². The number of aryl methyl sites for hydroxylation is 2. The normalized spacial score (nSPS) is 11.1. The number of benzene rings is 1. The molecule has 0 aliphatic heterocycles. The molecule has 3 nitrogen and oxygen atoms in total. The second-order valence-electron chi connectivity index (χ2n) is 4.52. The highest BCUT2D eigenvalue weighted by Gasteiger charge is 2.20. The Morgan fingerprint density at radius 2 is 2.05 bits per heavy atom. The minimum absolute atomic E-state index is 0.0753. The Morgan fingerprint density at radius 1 is 1.26 bits per heavy atom. The molecule has 3 rings (SSSR count). The van der Waals surface area contributed by atoms with Crippen molar-refractivity contribution < 1.29 is 9.21 Å². The van der Waals surface area contributed by atoms with Gasteiger partial charge >= 0.3 is 0 Å². The first-order chi connectivity index (χ1) is 9.08. The summed E-state index contributed by atoms with van der Waals surface area (Å²) in [5.74, 6) is 1.28. The topological polar surface area (TPSA) is 46.0 Å². The van der Waals surface area contributed by atoms with Crippen molar-refractivity contribution in [1.29, 1.82) is 0 Å². The Morgan fingerprint density at radius 3 is 2.74 bits per heavy atom. The van der Waals surface area contributed by atoms with Crippen LogP contribution in [0, 0.1) is 13.8 Å². The van der Waals surface area contributed by atoms with Crippen LogP contribution in [0.25, 0.3) is 10.9 Å². The van der Waals surface area contributed by atoms with Crippen molar-refractivity contribution in [2.45, 2.75) is 13.8 Å². The maximum absolute atomic E-state index is 12.6. The van der Waals surface area contributed by atoms with Crippen LogP contribution in [0.5, 0.6) is 0 Å². The fraction of sp³-hybridized carbons (Fsp3) is 0.133. The number of halogens is 1. The fourth-order valence-corrected chi connectivity index (χ4v) is 2.60. The molecule has 0 amide bonds. The monoisotopic (exact) mass is 273 g/mol. The van der Waals surface area contributed by atoms with E-state index in [1.807, 2.05) is 19.1 Å². The van der Waals surface area contributed by atoms with E-state index in [1.54, 1.807) is 25.3 Å². The third-order valence-electron chi connectivity index (χ3n) is 3.19. The van der Waals surface area contributed by atoms with Gasteiger partial charge in [-0.3, -0.25) is 4.79 Å². The molecule has 0 atom stereocenters. The number of fused-ring (bicyclic) bond motifs is 1. The number of carbonyl (C=O) groups excluding carboxylic acids is 1. The molecule has 1 aromatic carbocycles. The molecule has 2 heterocycles. The number of furan rings is 1. The first-order valence-electron chi connectivity index (χ1n) is 5.95. The molecule has 0 aliphatic carbocycles. The summed E-state index contributed by atoms with van der Waals surface area (Å²) in [7, 11) is 0. The molecule has 2 aromatic heterocycles. The van der Waals surface area contributed by atoms with E-state index in [0.717, 1.165) is 16.7 Å². The summed E-state index contributed by atoms with van der Waals surface area (Å²) in [6.45, 7) is 3.61. The maximum Gasteiger partial charge on any atom is 0.198 e. The van der Waals surface area contributed by atoms with Crippen molar-refractivity contribution in [2.24, 2.45) is 0 Å². The molecule has 4 heteroatoms. The predicted molar refractivity (Wildman–Crippen MR) is 74.9 cm³/mol. The maximum atomic E-state index is 12.6. The van der Waals surface area contributed by atoms with Gasteiger partial charge in [0.1, 0.15) is 11.5 Å². The number of carbonyl (C=O) groups is 1. The summed E-state index contributed by atoms with van der Waals surface area (Å²) in [6, 6.07) is 7.28. The smallest absolute Gasteiger partial charge is 0.198 e. The number of hydrogen-bond donors (Lipinski definition) is 1. The van der Waals surface area contributed by atoms with E-state index in [9.17, 15) is 4.79 Å². The van der Waals surface area contributed by atoms with Gasteiger partial charge in [-0.15, -0.1) is 0 Å². The molecule has 96 valence electrons. The third-order valence-corrected chi connectivity index (χ3v) is 3.50. The lowest BCUT2D eigenvalue weighted by atomic mass is 10.0. The summed E-state index contributed by atoms with van der Waals surface area (Å²) < 4.78 is 5.41. The second kappa shape index (κ2) is 4.28. The molecule has 0 saturated carbocycles. The zero-order valence-corrected chi connectivity index (χ0v) is 11.3. The van der Waals surface area contributed by atoms with Crippen LogP contribution in [-0.2, 0) is 0 Å². The molecule has 1 N–H and O–H groups in total. The lowest BCUT2D eigenvalue weighted by Crippen LogP contribution is -2.00.